The van der Waals surface area contributed by atoms with Gasteiger partial charge in [0.2, 0.25) is 5.91 Å². The van der Waals surface area contributed by atoms with Gasteiger partial charge in [0, 0.05) is 31.5 Å². The van der Waals surface area contributed by atoms with Crippen LogP contribution in [0.4, 0.5) is 4.39 Å². The van der Waals surface area contributed by atoms with Gasteiger partial charge in [-0.1, -0.05) is 12.1 Å². The van der Waals surface area contributed by atoms with E-state index in [2.05, 4.69) is 0 Å². The summed E-state index contributed by atoms with van der Waals surface area (Å²) in [6, 6.07) is 6.45. The molecule has 1 aromatic carbocycles. The fourth-order valence-electron chi connectivity index (χ4n) is 2.96. The molecule has 1 aliphatic carbocycles. The number of halogens is 1. The molecule has 2 aliphatic rings. The molecule has 1 heterocycles. The Balaban J connectivity index is 1.60. The van der Waals surface area contributed by atoms with Crippen LogP contribution in [0.3, 0.4) is 0 Å². The molecule has 0 aromatic heterocycles. The zero-order chi connectivity index (χ0) is 13.4. The third kappa shape index (κ3) is 2.50. The van der Waals surface area contributed by atoms with E-state index in [1.165, 1.54) is 12.1 Å². The first kappa shape index (κ1) is 12.6. The fraction of sp³-hybridized carbons (Fsp3) is 0.533. The zero-order valence-corrected chi connectivity index (χ0v) is 10.8. The number of nitrogens with zero attached hydrogens (tertiary/aromatic N) is 1. The Morgan fingerprint density at radius 1 is 1.37 bits per heavy atom. The Morgan fingerprint density at radius 2 is 2.11 bits per heavy atom. The van der Waals surface area contributed by atoms with E-state index in [4.69, 9.17) is 5.11 Å². The number of aliphatic hydroxyl groups is 1. The largest absolute Gasteiger partial charge is 0.396 e. The number of benzene rings is 1. The fourth-order valence-corrected chi connectivity index (χ4v) is 2.96. The van der Waals surface area contributed by atoms with E-state index in [1.807, 2.05) is 4.90 Å². The molecule has 0 spiro atoms. The molecule has 0 bridgehead atoms. The van der Waals surface area contributed by atoms with Gasteiger partial charge in [-0.25, -0.2) is 4.39 Å². The van der Waals surface area contributed by atoms with E-state index in [9.17, 15) is 9.18 Å². The summed E-state index contributed by atoms with van der Waals surface area (Å²) in [5.41, 5.74) is 1.05. The highest BCUT2D eigenvalue weighted by Gasteiger charge is 2.46. The lowest BCUT2D eigenvalue weighted by molar-refractivity contribution is -0.131. The summed E-state index contributed by atoms with van der Waals surface area (Å²) in [7, 11) is 0. The molecule has 1 saturated heterocycles. The van der Waals surface area contributed by atoms with Crippen LogP contribution in [0.1, 0.15) is 24.3 Å². The quantitative estimate of drug-likeness (QED) is 0.903. The number of hydrogen-bond acceptors (Lipinski definition) is 2. The molecular weight excluding hydrogens is 245 g/mol. The first-order chi connectivity index (χ1) is 9.19. The molecule has 1 aliphatic heterocycles. The van der Waals surface area contributed by atoms with Gasteiger partial charge in [-0.3, -0.25) is 4.79 Å². The molecule has 1 aromatic rings. The molecule has 4 heteroatoms. The molecule has 19 heavy (non-hydrogen) atoms. The minimum absolute atomic E-state index is 0.0582. The number of likely N-dealkylation sites (tertiary alicyclic amines) is 1. The van der Waals surface area contributed by atoms with Crippen molar-refractivity contribution < 1.29 is 14.3 Å². The van der Waals surface area contributed by atoms with Gasteiger partial charge in [-0.2, -0.15) is 0 Å². The summed E-state index contributed by atoms with van der Waals surface area (Å²) < 4.78 is 12.9. The van der Waals surface area contributed by atoms with E-state index < -0.39 is 0 Å². The Labute approximate surface area is 112 Å². The van der Waals surface area contributed by atoms with Crippen molar-refractivity contribution in [2.24, 2.45) is 11.8 Å². The maximum absolute atomic E-state index is 12.9. The van der Waals surface area contributed by atoms with Crippen molar-refractivity contribution in [2.75, 3.05) is 19.7 Å². The number of aliphatic hydroxyl groups excluding tert-OH is 1. The number of hydrogen-bond donors (Lipinski definition) is 1. The molecule has 3 atom stereocenters. The Hall–Kier alpha value is -1.42. The van der Waals surface area contributed by atoms with Crippen LogP contribution < -0.4 is 0 Å². The van der Waals surface area contributed by atoms with Crippen molar-refractivity contribution in [3.05, 3.63) is 35.6 Å². The second kappa shape index (κ2) is 4.93. The molecule has 3 rings (SSSR count). The van der Waals surface area contributed by atoms with Crippen molar-refractivity contribution in [3.63, 3.8) is 0 Å². The van der Waals surface area contributed by atoms with Crippen molar-refractivity contribution >= 4 is 5.91 Å². The summed E-state index contributed by atoms with van der Waals surface area (Å²) in [4.78, 5) is 14.2. The van der Waals surface area contributed by atoms with Crippen LogP contribution in [-0.2, 0) is 4.79 Å². The molecule has 0 radical (unpaired) electrons. The van der Waals surface area contributed by atoms with Gasteiger partial charge in [0.25, 0.3) is 0 Å². The predicted octanol–water partition coefficient (Wildman–Crippen LogP) is 1.77. The lowest BCUT2D eigenvalue weighted by Gasteiger charge is -2.16. The second-order valence-corrected chi connectivity index (χ2v) is 5.62. The van der Waals surface area contributed by atoms with Crippen LogP contribution in [0, 0.1) is 17.7 Å². The minimum atomic E-state index is -0.238. The first-order valence-electron chi connectivity index (χ1n) is 6.84. The third-order valence-corrected chi connectivity index (χ3v) is 4.26. The molecule has 1 N–H and O–H groups in total. The highest BCUT2D eigenvalue weighted by molar-refractivity contribution is 5.83. The molecule has 1 amide bonds. The summed E-state index contributed by atoms with van der Waals surface area (Å²) in [6.45, 7) is 1.61. The van der Waals surface area contributed by atoms with Gasteiger partial charge in [0.05, 0.1) is 0 Å². The van der Waals surface area contributed by atoms with Gasteiger partial charge in [0.15, 0.2) is 0 Å². The van der Waals surface area contributed by atoms with E-state index >= 15 is 0 Å². The van der Waals surface area contributed by atoms with Crippen molar-refractivity contribution in [3.8, 4) is 0 Å². The first-order valence-corrected chi connectivity index (χ1v) is 6.84. The van der Waals surface area contributed by atoms with Crippen LogP contribution in [0.25, 0.3) is 0 Å². The lowest BCUT2D eigenvalue weighted by atomic mass is 10.1. The monoisotopic (exact) mass is 263 g/mol. The Bertz CT molecular complexity index is 474. The van der Waals surface area contributed by atoms with Gasteiger partial charge < -0.3 is 10.0 Å². The predicted molar refractivity (Wildman–Crippen MR) is 69.0 cm³/mol. The van der Waals surface area contributed by atoms with Crippen molar-refractivity contribution in [1.29, 1.82) is 0 Å². The molecule has 2 fully saturated rings. The summed E-state index contributed by atoms with van der Waals surface area (Å²) >= 11 is 0. The summed E-state index contributed by atoms with van der Waals surface area (Å²) in [6.07, 6.45) is 1.76. The normalized spacial score (nSPS) is 29.6. The van der Waals surface area contributed by atoms with Gasteiger partial charge in [-0.15, -0.1) is 0 Å². The van der Waals surface area contributed by atoms with E-state index in [0.717, 1.165) is 24.9 Å². The zero-order valence-electron chi connectivity index (χ0n) is 10.8. The molecule has 102 valence electrons. The molecular formula is C15H18FNO2. The SMILES string of the molecule is O=C(C1CC1c1ccc(F)cc1)N1CCC(CO)C1. The maximum atomic E-state index is 12.9. The topological polar surface area (TPSA) is 40.5 Å². The Morgan fingerprint density at radius 3 is 2.74 bits per heavy atom. The smallest absolute Gasteiger partial charge is 0.226 e. The van der Waals surface area contributed by atoms with Crippen molar-refractivity contribution in [2.45, 2.75) is 18.8 Å². The highest BCUT2D eigenvalue weighted by Crippen LogP contribution is 2.48. The van der Waals surface area contributed by atoms with Crippen LogP contribution in [0.15, 0.2) is 24.3 Å². The molecule has 1 saturated carbocycles. The van der Waals surface area contributed by atoms with Crippen molar-refractivity contribution in [1.82, 2.24) is 4.90 Å². The van der Waals surface area contributed by atoms with Crippen LogP contribution >= 0.6 is 0 Å². The van der Waals surface area contributed by atoms with Gasteiger partial charge in [0.1, 0.15) is 5.82 Å². The van der Waals surface area contributed by atoms with Crippen LogP contribution in [-0.4, -0.2) is 35.6 Å². The average molecular weight is 263 g/mol. The number of carbonyl (C=O) groups excluding carboxylic acids is 1. The van der Waals surface area contributed by atoms with Crippen LogP contribution in [0.5, 0.6) is 0 Å². The van der Waals surface area contributed by atoms with Gasteiger partial charge in [-0.05, 0) is 36.5 Å². The standard InChI is InChI=1S/C15H18FNO2/c16-12-3-1-11(2-4-12)13-7-14(13)15(19)17-6-5-10(8-17)9-18/h1-4,10,13-14,18H,5-9H2. The second-order valence-electron chi connectivity index (χ2n) is 5.62. The van der Waals surface area contributed by atoms with Crippen LogP contribution in [0.2, 0.25) is 0 Å². The molecule has 3 unspecified atom stereocenters. The minimum Gasteiger partial charge on any atom is -0.396 e. The summed E-state index contributed by atoms with van der Waals surface area (Å²) in [5, 5.41) is 9.10. The van der Waals surface area contributed by atoms with Gasteiger partial charge >= 0.3 is 0 Å². The molecule has 3 nitrogen and oxygen atoms in total. The van der Waals surface area contributed by atoms with E-state index in [0.29, 0.717) is 6.54 Å². The van der Waals surface area contributed by atoms with E-state index in [-0.39, 0.29) is 36.1 Å². The average Bonchev–Trinajstić information content (AvgIpc) is 3.07. The number of carbonyl (C=O) groups is 1. The maximum Gasteiger partial charge on any atom is 0.226 e. The third-order valence-electron chi connectivity index (χ3n) is 4.26. The number of rotatable bonds is 3. The number of amides is 1. The Kier molecular flexibility index (Phi) is 3.27. The highest BCUT2D eigenvalue weighted by atomic mass is 19.1. The summed E-state index contributed by atoms with van der Waals surface area (Å²) in [5.74, 6) is 0.513. The lowest BCUT2D eigenvalue weighted by Crippen LogP contribution is -2.30. The van der Waals surface area contributed by atoms with E-state index in [1.54, 1.807) is 12.1 Å².